The predicted molar refractivity (Wildman–Crippen MR) is 81.6 cm³/mol. The first kappa shape index (κ1) is 15.9. The van der Waals surface area contributed by atoms with Crippen LogP contribution in [0.1, 0.15) is 60.4 Å². The molecule has 5 nitrogen and oxygen atoms in total. The van der Waals surface area contributed by atoms with Gasteiger partial charge in [0.1, 0.15) is 0 Å². The van der Waals surface area contributed by atoms with Crippen LogP contribution in [0.25, 0.3) is 0 Å². The Hall–Kier alpha value is -1.43. The van der Waals surface area contributed by atoms with Gasteiger partial charge in [-0.1, -0.05) is 32.1 Å². The molecular weight excluding hydrogens is 288 g/mol. The number of carboxylic acids is 1. The fraction of sp³-hybridized carbons (Fsp3) is 0.667. The van der Waals surface area contributed by atoms with Gasteiger partial charge in [-0.3, -0.25) is 4.79 Å². The van der Waals surface area contributed by atoms with Gasteiger partial charge in [-0.2, -0.15) is 0 Å². The number of thiazole rings is 1. The summed E-state index contributed by atoms with van der Waals surface area (Å²) in [6.45, 7) is 0.524. The first-order valence-electron chi connectivity index (χ1n) is 7.59. The number of nitrogens with one attached hydrogen (secondary N) is 1. The molecule has 0 aromatic carbocycles. The molecule has 1 amide bonds. The summed E-state index contributed by atoms with van der Waals surface area (Å²) in [7, 11) is 0. The van der Waals surface area contributed by atoms with Gasteiger partial charge >= 0.3 is 5.97 Å². The van der Waals surface area contributed by atoms with Crippen LogP contribution in [0.3, 0.4) is 0 Å². The Bertz CT molecular complexity index is 481. The van der Waals surface area contributed by atoms with Crippen LogP contribution in [0.15, 0.2) is 5.38 Å². The Labute approximate surface area is 128 Å². The minimum absolute atomic E-state index is 0.0821. The third-order valence-electron chi connectivity index (χ3n) is 3.94. The minimum atomic E-state index is -1.01. The van der Waals surface area contributed by atoms with Gasteiger partial charge in [0.15, 0.2) is 5.69 Å². The van der Waals surface area contributed by atoms with E-state index in [1.54, 1.807) is 0 Å². The van der Waals surface area contributed by atoms with E-state index in [-0.39, 0.29) is 11.6 Å². The molecule has 2 N–H and O–H groups in total. The number of aromatic nitrogens is 1. The van der Waals surface area contributed by atoms with Crippen molar-refractivity contribution in [1.29, 1.82) is 0 Å². The second-order valence-corrected chi connectivity index (χ2v) is 6.52. The Kier molecular flexibility index (Phi) is 6.17. The summed E-state index contributed by atoms with van der Waals surface area (Å²) >= 11 is 1.32. The summed E-state index contributed by atoms with van der Waals surface area (Å²) in [6, 6.07) is 0. The molecule has 0 atom stereocenters. The van der Waals surface area contributed by atoms with Gasteiger partial charge in [0.25, 0.3) is 0 Å². The number of carbonyl (C=O) groups is 2. The molecule has 0 spiro atoms. The van der Waals surface area contributed by atoms with E-state index in [9.17, 15) is 9.59 Å². The summed E-state index contributed by atoms with van der Waals surface area (Å²) in [5, 5.41) is 13.9. The van der Waals surface area contributed by atoms with Crippen LogP contribution in [-0.4, -0.2) is 28.5 Å². The SMILES string of the molecule is O=C(CCC1CCCCC1)NCCc1nc(C(=O)O)cs1. The molecular formula is C15H22N2O3S. The first-order chi connectivity index (χ1) is 10.1. The zero-order chi connectivity index (χ0) is 15.1. The number of aromatic carboxylic acids is 1. The predicted octanol–water partition coefficient (Wildman–Crippen LogP) is 2.86. The summed E-state index contributed by atoms with van der Waals surface area (Å²) in [5.41, 5.74) is 0.0821. The van der Waals surface area contributed by atoms with E-state index in [1.807, 2.05) is 0 Å². The summed E-state index contributed by atoms with van der Waals surface area (Å²) in [4.78, 5) is 26.5. The molecule has 1 aromatic rings. The maximum absolute atomic E-state index is 11.8. The Morgan fingerprint density at radius 2 is 2.10 bits per heavy atom. The minimum Gasteiger partial charge on any atom is -0.476 e. The Morgan fingerprint density at radius 3 is 2.76 bits per heavy atom. The van der Waals surface area contributed by atoms with Crippen molar-refractivity contribution < 1.29 is 14.7 Å². The van der Waals surface area contributed by atoms with E-state index in [0.717, 1.165) is 17.3 Å². The molecule has 0 radical (unpaired) electrons. The number of carbonyl (C=O) groups excluding carboxylic acids is 1. The van der Waals surface area contributed by atoms with E-state index in [0.29, 0.717) is 19.4 Å². The van der Waals surface area contributed by atoms with Crippen LogP contribution in [-0.2, 0) is 11.2 Å². The smallest absolute Gasteiger partial charge is 0.355 e. The molecule has 1 aromatic heterocycles. The monoisotopic (exact) mass is 310 g/mol. The molecule has 0 unspecified atom stereocenters. The van der Waals surface area contributed by atoms with Crippen LogP contribution in [0.2, 0.25) is 0 Å². The average Bonchev–Trinajstić information content (AvgIpc) is 2.95. The lowest BCUT2D eigenvalue weighted by molar-refractivity contribution is -0.121. The maximum Gasteiger partial charge on any atom is 0.355 e. The van der Waals surface area contributed by atoms with Gasteiger partial charge in [-0.25, -0.2) is 9.78 Å². The standard InChI is InChI=1S/C15H22N2O3S/c18-13(7-6-11-4-2-1-3-5-11)16-9-8-14-17-12(10-21-14)15(19)20/h10-11H,1-9H2,(H,16,18)(H,19,20). The third-order valence-corrected chi connectivity index (χ3v) is 4.84. The number of amides is 1. The summed E-state index contributed by atoms with van der Waals surface area (Å²) in [6.07, 6.45) is 8.68. The van der Waals surface area contributed by atoms with Crippen molar-refractivity contribution in [3.8, 4) is 0 Å². The van der Waals surface area contributed by atoms with Gasteiger partial charge in [0, 0.05) is 24.8 Å². The molecule has 2 rings (SSSR count). The molecule has 1 saturated carbocycles. The van der Waals surface area contributed by atoms with Crippen LogP contribution < -0.4 is 5.32 Å². The van der Waals surface area contributed by atoms with Crippen molar-refractivity contribution >= 4 is 23.2 Å². The highest BCUT2D eigenvalue weighted by Gasteiger charge is 2.14. The molecule has 21 heavy (non-hydrogen) atoms. The van der Waals surface area contributed by atoms with Gasteiger partial charge in [0.2, 0.25) is 5.91 Å². The summed E-state index contributed by atoms with van der Waals surface area (Å²) < 4.78 is 0. The third kappa shape index (κ3) is 5.46. The Balaban J connectivity index is 1.61. The zero-order valence-corrected chi connectivity index (χ0v) is 13.0. The second-order valence-electron chi connectivity index (χ2n) is 5.57. The number of nitrogens with zero attached hydrogens (tertiary/aromatic N) is 1. The molecule has 116 valence electrons. The highest BCUT2D eigenvalue weighted by atomic mass is 32.1. The van der Waals surface area contributed by atoms with Gasteiger partial charge < -0.3 is 10.4 Å². The molecule has 0 aliphatic heterocycles. The number of carboxylic acid groups (broad SMARTS) is 1. The Morgan fingerprint density at radius 1 is 1.33 bits per heavy atom. The topological polar surface area (TPSA) is 79.3 Å². The largest absolute Gasteiger partial charge is 0.476 e. The van der Waals surface area contributed by atoms with E-state index in [4.69, 9.17) is 5.11 Å². The second kappa shape index (κ2) is 8.12. The fourth-order valence-electron chi connectivity index (χ4n) is 2.73. The number of hydrogen-bond donors (Lipinski definition) is 2. The van der Waals surface area contributed by atoms with Crippen molar-refractivity contribution in [2.45, 2.75) is 51.4 Å². The molecule has 6 heteroatoms. The lowest BCUT2D eigenvalue weighted by Crippen LogP contribution is -2.26. The fourth-order valence-corrected chi connectivity index (χ4v) is 3.50. The van der Waals surface area contributed by atoms with E-state index in [2.05, 4.69) is 10.3 Å². The van der Waals surface area contributed by atoms with Gasteiger partial charge in [-0.05, 0) is 12.3 Å². The quantitative estimate of drug-likeness (QED) is 0.811. The molecule has 1 heterocycles. The van der Waals surface area contributed by atoms with Crippen LogP contribution >= 0.6 is 11.3 Å². The van der Waals surface area contributed by atoms with Crippen molar-refractivity contribution in [3.63, 3.8) is 0 Å². The van der Waals surface area contributed by atoms with Crippen molar-refractivity contribution in [1.82, 2.24) is 10.3 Å². The number of hydrogen-bond acceptors (Lipinski definition) is 4. The molecule has 1 aliphatic carbocycles. The van der Waals surface area contributed by atoms with Crippen molar-refractivity contribution in [3.05, 3.63) is 16.1 Å². The highest BCUT2D eigenvalue weighted by molar-refractivity contribution is 7.09. The van der Waals surface area contributed by atoms with E-state index < -0.39 is 5.97 Å². The van der Waals surface area contributed by atoms with E-state index >= 15 is 0 Å². The van der Waals surface area contributed by atoms with E-state index in [1.165, 1.54) is 48.8 Å². The molecule has 1 fully saturated rings. The average molecular weight is 310 g/mol. The van der Waals surface area contributed by atoms with Crippen molar-refractivity contribution in [2.75, 3.05) is 6.54 Å². The lowest BCUT2D eigenvalue weighted by atomic mass is 9.86. The number of rotatable bonds is 7. The van der Waals surface area contributed by atoms with Crippen molar-refractivity contribution in [2.24, 2.45) is 5.92 Å². The van der Waals surface area contributed by atoms with Gasteiger partial charge in [0.05, 0.1) is 5.01 Å². The summed E-state index contributed by atoms with van der Waals surface area (Å²) in [5.74, 6) is -0.189. The lowest BCUT2D eigenvalue weighted by Gasteiger charge is -2.20. The maximum atomic E-state index is 11.8. The molecule has 0 bridgehead atoms. The van der Waals surface area contributed by atoms with Crippen LogP contribution in [0, 0.1) is 5.92 Å². The van der Waals surface area contributed by atoms with Gasteiger partial charge in [-0.15, -0.1) is 11.3 Å². The van der Waals surface area contributed by atoms with Crippen LogP contribution in [0.4, 0.5) is 0 Å². The molecule has 0 saturated heterocycles. The highest BCUT2D eigenvalue weighted by Crippen LogP contribution is 2.27. The first-order valence-corrected chi connectivity index (χ1v) is 8.47. The van der Waals surface area contributed by atoms with Crippen LogP contribution in [0.5, 0.6) is 0 Å². The molecule has 1 aliphatic rings. The normalized spacial score (nSPS) is 15.8. The zero-order valence-electron chi connectivity index (χ0n) is 12.1.